The molecule has 0 atom stereocenters. The number of rotatable bonds is 5. The molecule has 3 rings (SSSR count). The van der Waals surface area contributed by atoms with Gasteiger partial charge in [0.25, 0.3) is 5.91 Å². The lowest BCUT2D eigenvalue weighted by Gasteiger charge is -2.01. The summed E-state index contributed by atoms with van der Waals surface area (Å²) in [5.74, 6) is -0.155. The van der Waals surface area contributed by atoms with Crippen molar-refractivity contribution in [3.8, 4) is 11.3 Å². The van der Waals surface area contributed by atoms with Crippen LogP contribution in [0.1, 0.15) is 15.4 Å². The van der Waals surface area contributed by atoms with Gasteiger partial charge in [0.2, 0.25) is 0 Å². The lowest BCUT2D eigenvalue weighted by atomic mass is 10.1. The van der Waals surface area contributed by atoms with Crippen LogP contribution in [0.2, 0.25) is 5.02 Å². The lowest BCUT2D eigenvalue weighted by Crippen LogP contribution is -2.25. The highest BCUT2D eigenvalue weighted by Gasteiger charge is 2.10. The second kappa shape index (κ2) is 6.77. The summed E-state index contributed by atoms with van der Waals surface area (Å²) >= 11 is 7.65. The maximum atomic E-state index is 12.1. The zero-order valence-electron chi connectivity index (χ0n) is 11.7. The standard InChI is InChI=1S/C16H14ClN3OS/c17-12-4-1-3-11(9-12)14-10-15(20-19-14)16(21)18-7-6-13-5-2-8-22-13/h1-5,8-10H,6-7H2,(H,18,21)(H,19,20). The van der Waals surface area contributed by atoms with E-state index in [0.29, 0.717) is 23.0 Å². The summed E-state index contributed by atoms with van der Waals surface area (Å²) in [4.78, 5) is 13.3. The van der Waals surface area contributed by atoms with Crippen LogP contribution in [-0.2, 0) is 6.42 Å². The summed E-state index contributed by atoms with van der Waals surface area (Å²) < 4.78 is 0. The number of carbonyl (C=O) groups is 1. The maximum Gasteiger partial charge on any atom is 0.269 e. The van der Waals surface area contributed by atoms with Crippen molar-refractivity contribution >= 4 is 28.8 Å². The molecule has 1 aromatic carbocycles. The molecule has 0 aliphatic rings. The fraction of sp³-hybridized carbons (Fsp3) is 0.125. The highest BCUT2D eigenvalue weighted by atomic mass is 35.5. The molecule has 0 spiro atoms. The van der Waals surface area contributed by atoms with Gasteiger partial charge in [-0.05, 0) is 36.1 Å². The second-order valence-electron chi connectivity index (χ2n) is 4.76. The number of nitrogens with zero attached hydrogens (tertiary/aromatic N) is 1. The summed E-state index contributed by atoms with van der Waals surface area (Å²) in [6, 6.07) is 13.2. The van der Waals surface area contributed by atoms with Crippen LogP contribution in [0, 0.1) is 0 Å². The van der Waals surface area contributed by atoms with E-state index in [2.05, 4.69) is 21.6 Å². The first kappa shape index (κ1) is 14.8. The van der Waals surface area contributed by atoms with Crippen LogP contribution in [-0.4, -0.2) is 22.6 Å². The van der Waals surface area contributed by atoms with Crippen LogP contribution < -0.4 is 5.32 Å². The highest BCUT2D eigenvalue weighted by molar-refractivity contribution is 7.09. The maximum absolute atomic E-state index is 12.1. The lowest BCUT2D eigenvalue weighted by molar-refractivity contribution is 0.0949. The molecule has 3 aromatic rings. The number of amides is 1. The number of aromatic amines is 1. The average molecular weight is 332 g/mol. The molecule has 22 heavy (non-hydrogen) atoms. The van der Waals surface area contributed by atoms with Gasteiger partial charge in [0.05, 0.1) is 5.69 Å². The van der Waals surface area contributed by atoms with Gasteiger partial charge in [-0.25, -0.2) is 0 Å². The molecule has 2 N–H and O–H groups in total. The number of benzene rings is 1. The van der Waals surface area contributed by atoms with Crippen molar-refractivity contribution < 1.29 is 4.79 Å². The third-order valence-corrected chi connectivity index (χ3v) is 4.35. The molecule has 0 unspecified atom stereocenters. The van der Waals surface area contributed by atoms with Crippen LogP contribution in [0.25, 0.3) is 11.3 Å². The fourth-order valence-corrected chi connectivity index (χ4v) is 2.98. The molecule has 0 aliphatic heterocycles. The van der Waals surface area contributed by atoms with Gasteiger partial charge in [-0.1, -0.05) is 29.8 Å². The number of aromatic nitrogens is 2. The molecule has 2 aromatic heterocycles. The van der Waals surface area contributed by atoms with Gasteiger partial charge in [-0.2, -0.15) is 5.10 Å². The number of carbonyl (C=O) groups excluding carboxylic acids is 1. The highest BCUT2D eigenvalue weighted by Crippen LogP contribution is 2.21. The van der Waals surface area contributed by atoms with Gasteiger partial charge < -0.3 is 5.32 Å². The van der Waals surface area contributed by atoms with Crippen molar-refractivity contribution in [1.82, 2.24) is 15.5 Å². The monoisotopic (exact) mass is 331 g/mol. The van der Waals surface area contributed by atoms with Crippen LogP contribution >= 0.6 is 22.9 Å². The Bertz CT molecular complexity index is 767. The van der Waals surface area contributed by atoms with E-state index in [1.165, 1.54) is 4.88 Å². The van der Waals surface area contributed by atoms with Crippen LogP contribution in [0.15, 0.2) is 47.8 Å². The Labute approximate surface area is 137 Å². The van der Waals surface area contributed by atoms with E-state index in [4.69, 9.17) is 11.6 Å². The first-order chi connectivity index (χ1) is 10.7. The Hall–Kier alpha value is -2.11. The Balaban J connectivity index is 1.62. The first-order valence-corrected chi connectivity index (χ1v) is 8.10. The summed E-state index contributed by atoms with van der Waals surface area (Å²) in [6.07, 6.45) is 0.832. The van der Waals surface area contributed by atoms with Crippen molar-refractivity contribution in [2.45, 2.75) is 6.42 Å². The van der Waals surface area contributed by atoms with Gasteiger partial charge in [0, 0.05) is 22.0 Å². The van der Waals surface area contributed by atoms with Crippen molar-refractivity contribution in [3.05, 3.63) is 63.4 Å². The summed E-state index contributed by atoms with van der Waals surface area (Å²) in [7, 11) is 0. The third kappa shape index (κ3) is 3.55. The number of thiophene rings is 1. The van der Waals surface area contributed by atoms with E-state index in [1.54, 1.807) is 23.5 Å². The number of hydrogen-bond donors (Lipinski definition) is 2. The minimum absolute atomic E-state index is 0.155. The van der Waals surface area contributed by atoms with Crippen LogP contribution in [0.3, 0.4) is 0 Å². The quantitative estimate of drug-likeness (QED) is 0.747. The molecule has 6 heteroatoms. The Morgan fingerprint density at radius 3 is 2.95 bits per heavy atom. The molecule has 2 heterocycles. The average Bonchev–Trinajstić information content (AvgIpc) is 3.19. The van der Waals surface area contributed by atoms with E-state index in [-0.39, 0.29) is 5.91 Å². The minimum Gasteiger partial charge on any atom is -0.350 e. The van der Waals surface area contributed by atoms with E-state index < -0.39 is 0 Å². The van der Waals surface area contributed by atoms with Crippen molar-refractivity contribution in [1.29, 1.82) is 0 Å². The molecule has 0 aliphatic carbocycles. The topological polar surface area (TPSA) is 57.8 Å². The smallest absolute Gasteiger partial charge is 0.269 e. The normalized spacial score (nSPS) is 10.6. The number of H-pyrrole nitrogens is 1. The van der Waals surface area contributed by atoms with Gasteiger partial charge in [-0.15, -0.1) is 11.3 Å². The summed E-state index contributed by atoms with van der Waals surface area (Å²) in [5.41, 5.74) is 2.02. The Kier molecular flexibility index (Phi) is 4.56. The first-order valence-electron chi connectivity index (χ1n) is 6.84. The molecule has 0 bridgehead atoms. The zero-order chi connectivity index (χ0) is 15.4. The van der Waals surface area contributed by atoms with Crippen LogP contribution in [0.4, 0.5) is 0 Å². The van der Waals surface area contributed by atoms with Gasteiger partial charge in [0.1, 0.15) is 5.69 Å². The zero-order valence-corrected chi connectivity index (χ0v) is 13.2. The summed E-state index contributed by atoms with van der Waals surface area (Å²) in [5, 5.41) is 12.5. The van der Waals surface area contributed by atoms with E-state index in [9.17, 15) is 4.79 Å². The predicted molar refractivity (Wildman–Crippen MR) is 89.4 cm³/mol. The molecule has 0 fully saturated rings. The molecule has 0 saturated carbocycles. The number of nitrogens with one attached hydrogen (secondary N) is 2. The van der Waals surface area contributed by atoms with E-state index in [0.717, 1.165) is 12.0 Å². The molecular formula is C16H14ClN3OS. The van der Waals surface area contributed by atoms with Gasteiger partial charge in [-0.3, -0.25) is 9.89 Å². The SMILES string of the molecule is O=C(NCCc1cccs1)c1cc(-c2cccc(Cl)c2)n[nH]1. The molecule has 0 saturated heterocycles. The molecular weight excluding hydrogens is 318 g/mol. The molecule has 112 valence electrons. The van der Waals surface area contributed by atoms with Crippen LogP contribution in [0.5, 0.6) is 0 Å². The number of halogens is 1. The van der Waals surface area contributed by atoms with Crippen molar-refractivity contribution in [2.75, 3.05) is 6.54 Å². The third-order valence-electron chi connectivity index (χ3n) is 3.18. The Morgan fingerprint density at radius 2 is 2.18 bits per heavy atom. The van der Waals surface area contributed by atoms with E-state index in [1.807, 2.05) is 29.6 Å². The molecule has 1 amide bonds. The van der Waals surface area contributed by atoms with Gasteiger partial charge >= 0.3 is 0 Å². The number of hydrogen-bond acceptors (Lipinski definition) is 3. The fourth-order valence-electron chi connectivity index (χ4n) is 2.08. The second-order valence-corrected chi connectivity index (χ2v) is 6.23. The van der Waals surface area contributed by atoms with Crippen molar-refractivity contribution in [2.24, 2.45) is 0 Å². The Morgan fingerprint density at radius 1 is 1.27 bits per heavy atom. The predicted octanol–water partition coefficient (Wildman–Crippen LogP) is 3.76. The van der Waals surface area contributed by atoms with Crippen molar-refractivity contribution in [3.63, 3.8) is 0 Å². The van der Waals surface area contributed by atoms with E-state index >= 15 is 0 Å². The molecule has 0 radical (unpaired) electrons. The summed E-state index contributed by atoms with van der Waals surface area (Å²) in [6.45, 7) is 0.602. The minimum atomic E-state index is -0.155. The largest absolute Gasteiger partial charge is 0.350 e. The van der Waals surface area contributed by atoms with Gasteiger partial charge in [0.15, 0.2) is 0 Å². The molecule has 4 nitrogen and oxygen atoms in total.